The number of hydrogen-bond acceptors (Lipinski definition) is 10. The lowest BCUT2D eigenvalue weighted by molar-refractivity contribution is -0.113. The highest BCUT2D eigenvalue weighted by molar-refractivity contribution is 6.07. The summed E-state index contributed by atoms with van der Waals surface area (Å²) in [6.07, 6.45) is 8.66. The maximum atomic E-state index is 14.6. The van der Waals surface area contributed by atoms with Gasteiger partial charge in [-0.05, 0) is 133 Å². The Kier molecular flexibility index (Phi) is 13.1. The van der Waals surface area contributed by atoms with Crippen LogP contribution in [-0.2, 0) is 9.59 Å². The first-order valence-electron chi connectivity index (χ1n) is 23.6. The second-order valence-electron chi connectivity index (χ2n) is 17.3. The molecule has 0 unspecified atom stereocenters. The Labute approximate surface area is 428 Å². The highest BCUT2D eigenvalue weighted by Crippen LogP contribution is 2.34. The fraction of sp³-hybridized carbons (Fsp3) is 0.0690. The van der Waals surface area contributed by atoms with Gasteiger partial charge in [0, 0.05) is 37.3 Å². The fourth-order valence-electron chi connectivity index (χ4n) is 8.69. The Balaban J connectivity index is 0.973. The molecule has 0 atom stereocenters. The standard InChI is InChI=1S/C58H46N10O7/c1-6-54(69)62-38-12-9-13-41(30-38)66-49-25-27-60-34-51(49)64(57(66)72)40-19-23-45(24-20-40)75-47-32-48(56(71)59-5)63-53(33-47)68(55(70)7-2)43-15-10-14-42(31-43)67-50-26-28-61-35-52(50)65(58(67)73)39-17-21-44(22-18-39)74-46-16-8-11-37(29-46)36(3)4/h6-36H,1-2H2,3-5H3,(H,59,71)(H,62,69). The summed E-state index contributed by atoms with van der Waals surface area (Å²) in [4.78, 5) is 82.7. The highest BCUT2D eigenvalue weighted by atomic mass is 16.5. The van der Waals surface area contributed by atoms with Gasteiger partial charge in [0.15, 0.2) is 0 Å². The van der Waals surface area contributed by atoms with E-state index in [9.17, 15) is 24.0 Å². The van der Waals surface area contributed by atoms with Gasteiger partial charge in [0.2, 0.25) is 5.91 Å². The molecule has 5 aromatic carbocycles. The first-order chi connectivity index (χ1) is 36.4. The van der Waals surface area contributed by atoms with Crippen molar-refractivity contribution in [2.75, 3.05) is 17.3 Å². The van der Waals surface area contributed by atoms with Gasteiger partial charge >= 0.3 is 11.4 Å². The van der Waals surface area contributed by atoms with Gasteiger partial charge in [-0.2, -0.15) is 0 Å². The van der Waals surface area contributed by atoms with Gasteiger partial charge < -0.3 is 20.1 Å². The minimum Gasteiger partial charge on any atom is -0.457 e. The van der Waals surface area contributed by atoms with Crippen LogP contribution in [0.5, 0.6) is 23.0 Å². The number of carbonyl (C=O) groups is 3. The largest absolute Gasteiger partial charge is 0.457 e. The van der Waals surface area contributed by atoms with E-state index < -0.39 is 29.1 Å². The summed E-state index contributed by atoms with van der Waals surface area (Å²) in [6, 6.07) is 41.9. The number of rotatable bonds is 15. The Bertz CT molecular complexity index is 4000. The SMILES string of the molecule is C=CC(=O)Nc1cccc(-n2c(=O)n(-c3ccc(Oc4cc(C(=O)NC)nc(N(C(=O)C=C)c5cccc(-n6c(=O)n(-c7ccc(Oc8cccc(C(C)C)c8)cc7)c7cnccc76)c5)c4)cc3)c3cnccc32)c1. The lowest BCUT2D eigenvalue weighted by atomic mass is 10.0. The molecule has 0 saturated carbocycles. The Hall–Kier alpha value is -10.4. The molecule has 0 aliphatic rings. The van der Waals surface area contributed by atoms with E-state index in [2.05, 4.69) is 58.7 Å². The Morgan fingerprint density at radius 2 is 1.15 bits per heavy atom. The van der Waals surface area contributed by atoms with Crippen molar-refractivity contribution in [3.05, 3.63) is 228 Å². The summed E-state index contributed by atoms with van der Waals surface area (Å²) in [7, 11) is 1.46. The van der Waals surface area contributed by atoms with E-state index in [1.807, 2.05) is 18.2 Å². The van der Waals surface area contributed by atoms with Crippen molar-refractivity contribution in [3.63, 3.8) is 0 Å². The van der Waals surface area contributed by atoms with Crippen LogP contribution in [0.1, 0.15) is 35.8 Å². The van der Waals surface area contributed by atoms with Gasteiger partial charge in [0.25, 0.3) is 11.8 Å². The third-order valence-corrected chi connectivity index (χ3v) is 12.2. The maximum absolute atomic E-state index is 14.6. The van der Waals surface area contributed by atoms with E-state index in [1.165, 1.54) is 37.8 Å². The third kappa shape index (κ3) is 9.47. The van der Waals surface area contributed by atoms with Gasteiger partial charge in [0.05, 0.1) is 62.9 Å². The smallest absolute Gasteiger partial charge is 0.338 e. The van der Waals surface area contributed by atoms with Crippen LogP contribution >= 0.6 is 0 Å². The molecule has 0 radical (unpaired) electrons. The second-order valence-corrected chi connectivity index (χ2v) is 17.3. The number of imidazole rings is 2. The van der Waals surface area contributed by atoms with Gasteiger partial charge in [0.1, 0.15) is 34.5 Å². The van der Waals surface area contributed by atoms with Crippen molar-refractivity contribution in [3.8, 4) is 45.7 Å². The molecule has 75 heavy (non-hydrogen) atoms. The summed E-state index contributed by atoms with van der Waals surface area (Å²) in [5, 5.41) is 5.32. The first kappa shape index (κ1) is 48.2. The van der Waals surface area contributed by atoms with E-state index in [1.54, 1.807) is 139 Å². The predicted octanol–water partition coefficient (Wildman–Crippen LogP) is 10.1. The van der Waals surface area contributed by atoms with E-state index in [4.69, 9.17) is 9.47 Å². The van der Waals surface area contributed by atoms with E-state index in [-0.39, 0.29) is 17.3 Å². The number of nitrogens with zero attached hydrogens (tertiary/aromatic N) is 8. The molecule has 0 aliphatic carbocycles. The number of pyridine rings is 3. The molecule has 0 aliphatic heterocycles. The summed E-state index contributed by atoms with van der Waals surface area (Å²) < 4.78 is 18.6. The average molecular weight is 995 g/mol. The fourth-order valence-corrected chi connectivity index (χ4v) is 8.69. The highest BCUT2D eigenvalue weighted by Gasteiger charge is 2.24. The van der Waals surface area contributed by atoms with Gasteiger partial charge in [-0.25, -0.2) is 14.6 Å². The zero-order chi connectivity index (χ0) is 52.3. The van der Waals surface area contributed by atoms with Crippen molar-refractivity contribution < 1.29 is 23.9 Å². The van der Waals surface area contributed by atoms with Crippen LogP contribution in [-0.4, -0.2) is 58.0 Å². The van der Waals surface area contributed by atoms with E-state index >= 15 is 0 Å². The molecule has 0 fully saturated rings. The summed E-state index contributed by atoms with van der Waals surface area (Å²) >= 11 is 0. The molecule has 0 saturated heterocycles. The minimum absolute atomic E-state index is 0.0157. The van der Waals surface area contributed by atoms with Crippen molar-refractivity contribution in [1.82, 2.24) is 38.5 Å². The molecule has 5 aromatic heterocycles. The number of carbonyl (C=O) groups excluding carboxylic acids is 3. The van der Waals surface area contributed by atoms with Gasteiger partial charge in [-0.3, -0.25) is 47.5 Å². The number of nitrogens with one attached hydrogen (secondary N) is 2. The molecule has 0 spiro atoms. The van der Waals surface area contributed by atoms with Crippen molar-refractivity contribution in [2.45, 2.75) is 19.8 Å². The lowest BCUT2D eigenvalue weighted by Crippen LogP contribution is -2.27. The number of aromatic nitrogens is 7. The monoisotopic (exact) mass is 994 g/mol. The zero-order valence-electron chi connectivity index (χ0n) is 40.7. The quantitative estimate of drug-likeness (QED) is 0.0935. The Morgan fingerprint density at radius 3 is 1.72 bits per heavy atom. The summed E-state index contributed by atoms with van der Waals surface area (Å²) in [5.41, 5.74) is 5.26. The first-order valence-corrected chi connectivity index (χ1v) is 23.6. The third-order valence-electron chi connectivity index (χ3n) is 12.2. The summed E-state index contributed by atoms with van der Waals surface area (Å²) in [5.74, 6) is 0.597. The Morgan fingerprint density at radius 1 is 0.587 bits per heavy atom. The number of hydrogen-bond donors (Lipinski definition) is 2. The van der Waals surface area contributed by atoms with Crippen LogP contribution in [0, 0.1) is 0 Å². The van der Waals surface area contributed by atoms with Crippen LogP contribution in [0.2, 0.25) is 0 Å². The lowest BCUT2D eigenvalue weighted by Gasteiger charge is -2.22. The van der Waals surface area contributed by atoms with Crippen LogP contribution < -0.4 is 36.4 Å². The molecule has 17 heteroatoms. The molecule has 17 nitrogen and oxygen atoms in total. The topological polar surface area (TPSA) is 190 Å². The number of amides is 3. The van der Waals surface area contributed by atoms with Crippen molar-refractivity contribution >= 4 is 57.0 Å². The number of fused-ring (bicyclic) bond motifs is 2. The second kappa shape index (κ2) is 20.4. The maximum Gasteiger partial charge on any atom is 0.338 e. The van der Waals surface area contributed by atoms with E-state index in [0.29, 0.717) is 79.4 Å². The normalized spacial score (nSPS) is 11.1. The minimum atomic E-state index is -0.589. The molecule has 10 rings (SSSR count). The molecule has 370 valence electrons. The predicted molar refractivity (Wildman–Crippen MR) is 288 cm³/mol. The zero-order valence-corrected chi connectivity index (χ0v) is 40.7. The molecule has 2 N–H and O–H groups in total. The molecular weight excluding hydrogens is 949 g/mol. The van der Waals surface area contributed by atoms with Crippen LogP contribution in [0.15, 0.2) is 205 Å². The molecule has 0 bridgehead atoms. The van der Waals surface area contributed by atoms with Gasteiger partial charge in [-0.1, -0.05) is 51.3 Å². The van der Waals surface area contributed by atoms with Crippen molar-refractivity contribution in [2.24, 2.45) is 0 Å². The van der Waals surface area contributed by atoms with Crippen molar-refractivity contribution in [1.29, 1.82) is 0 Å². The van der Waals surface area contributed by atoms with Gasteiger partial charge in [-0.15, -0.1) is 0 Å². The number of ether oxygens (including phenoxy) is 2. The van der Waals surface area contributed by atoms with Crippen LogP contribution in [0.25, 0.3) is 44.8 Å². The molecule has 5 heterocycles. The summed E-state index contributed by atoms with van der Waals surface area (Å²) in [6.45, 7) is 11.5. The molecule has 3 amide bonds. The number of benzene rings is 5. The van der Waals surface area contributed by atoms with Crippen LogP contribution in [0.3, 0.4) is 0 Å². The average Bonchev–Trinajstić information content (AvgIpc) is 3.90. The van der Waals surface area contributed by atoms with Crippen LogP contribution in [0.4, 0.5) is 17.2 Å². The molecule has 10 aromatic rings. The molecular formula is C58H46N10O7. The van der Waals surface area contributed by atoms with E-state index in [0.717, 1.165) is 17.7 Å². The number of anilines is 3.